The lowest BCUT2D eigenvalue weighted by molar-refractivity contribution is -0.117. The highest BCUT2D eigenvalue weighted by atomic mass is 16.6. The van der Waals surface area contributed by atoms with E-state index < -0.39 is 0 Å². The average Bonchev–Trinajstić information content (AvgIpc) is 2.73. The summed E-state index contributed by atoms with van der Waals surface area (Å²) in [4.78, 5) is 14.4. The van der Waals surface area contributed by atoms with Crippen molar-refractivity contribution < 1.29 is 19.0 Å². The van der Waals surface area contributed by atoms with Gasteiger partial charge >= 0.3 is 0 Å². The van der Waals surface area contributed by atoms with Crippen LogP contribution < -0.4 is 19.5 Å². The van der Waals surface area contributed by atoms with Crippen LogP contribution in [0.2, 0.25) is 0 Å². The predicted octanol–water partition coefficient (Wildman–Crippen LogP) is 2.67. The fraction of sp³-hybridized carbons (Fsp3) is 0.333. The molecule has 0 saturated heterocycles. The minimum atomic E-state index is -0.100. The van der Waals surface area contributed by atoms with E-state index in [1.807, 2.05) is 11.8 Å². The maximum Gasteiger partial charge on any atom is 0.238 e. The molecule has 0 atom stereocenters. The van der Waals surface area contributed by atoms with Crippen molar-refractivity contribution in [1.29, 1.82) is 5.26 Å². The lowest BCUT2D eigenvalue weighted by Gasteiger charge is -2.21. The Labute approximate surface area is 164 Å². The quantitative estimate of drug-likeness (QED) is 0.757. The molecule has 0 spiro atoms. The molecule has 146 valence electrons. The van der Waals surface area contributed by atoms with Gasteiger partial charge in [-0.2, -0.15) is 5.26 Å². The van der Waals surface area contributed by atoms with Crippen LogP contribution in [-0.2, 0) is 4.79 Å². The molecule has 1 aliphatic heterocycles. The summed E-state index contributed by atoms with van der Waals surface area (Å²) in [6.45, 7) is 5.11. The molecule has 2 aromatic rings. The van der Waals surface area contributed by atoms with E-state index in [1.54, 1.807) is 42.5 Å². The van der Waals surface area contributed by atoms with Crippen molar-refractivity contribution in [3.8, 4) is 23.3 Å². The second-order valence-corrected chi connectivity index (χ2v) is 6.26. The number of nitriles is 1. The Balaban J connectivity index is 1.45. The number of ether oxygens (including phenoxy) is 3. The number of anilines is 1. The Morgan fingerprint density at radius 2 is 1.93 bits per heavy atom. The van der Waals surface area contributed by atoms with E-state index in [0.29, 0.717) is 54.9 Å². The second kappa shape index (κ2) is 9.62. The molecule has 7 heteroatoms. The molecule has 1 N–H and O–H groups in total. The summed E-state index contributed by atoms with van der Waals surface area (Å²) in [5, 5.41) is 11.7. The van der Waals surface area contributed by atoms with Crippen LogP contribution >= 0.6 is 0 Å². The smallest absolute Gasteiger partial charge is 0.238 e. The van der Waals surface area contributed by atoms with E-state index >= 15 is 0 Å². The number of amides is 1. The van der Waals surface area contributed by atoms with E-state index in [2.05, 4.69) is 11.4 Å². The lowest BCUT2D eigenvalue weighted by Crippen LogP contribution is -2.36. The van der Waals surface area contributed by atoms with Crippen LogP contribution in [0.15, 0.2) is 42.5 Å². The number of likely N-dealkylation sites (N-methyl/N-ethyl adjacent to an activating group) is 1. The van der Waals surface area contributed by atoms with Gasteiger partial charge in [0.15, 0.2) is 11.5 Å². The summed E-state index contributed by atoms with van der Waals surface area (Å²) in [6, 6.07) is 14.4. The molecule has 1 aliphatic rings. The van der Waals surface area contributed by atoms with E-state index in [1.165, 1.54) is 0 Å². The van der Waals surface area contributed by atoms with Crippen molar-refractivity contribution in [2.24, 2.45) is 0 Å². The first kappa shape index (κ1) is 19.5. The highest BCUT2D eigenvalue weighted by Gasteiger charge is 2.14. The zero-order chi connectivity index (χ0) is 19.8. The number of hydrogen-bond acceptors (Lipinski definition) is 6. The number of hydrogen-bond donors (Lipinski definition) is 1. The summed E-state index contributed by atoms with van der Waals surface area (Å²) in [5.41, 5.74) is 1.28. The van der Waals surface area contributed by atoms with Crippen molar-refractivity contribution in [1.82, 2.24) is 4.90 Å². The summed E-state index contributed by atoms with van der Waals surface area (Å²) in [6.07, 6.45) is 0. The number of rotatable bonds is 8. The highest BCUT2D eigenvalue weighted by molar-refractivity contribution is 5.92. The van der Waals surface area contributed by atoms with Gasteiger partial charge in [-0.1, -0.05) is 6.92 Å². The largest absolute Gasteiger partial charge is 0.492 e. The first-order valence-electron chi connectivity index (χ1n) is 9.22. The van der Waals surface area contributed by atoms with E-state index in [-0.39, 0.29) is 12.5 Å². The zero-order valence-electron chi connectivity index (χ0n) is 15.8. The fourth-order valence-corrected chi connectivity index (χ4v) is 2.79. The van der Waals surface area contributed by atoms with Crippen LogP contribution in [0.5, 0.6) is 17.2 Å². The third-order valence-electron chi connectivity index (χ3n) is 4.30. The zero-order valence-corrected chi connectivity index (χ0v) is 15.8. The Hall–Kier alpha value is -3.24. The van der Waals surface area contributed by atoms with Crippen LogP contribution in [0, 0.1) is 11.3 Å². The van der Waals surface area contributed by atoms with Gasteiger partial charge in [0.05, 0.1) is 18.2 Å². The van der Waals surface area contributed by atoms with Gasteiger partial charge in [0.2, 0.25) is 5.91 Å². The SMILES string of the molecule is CCN(CCOc1ccc(C#N)cc1)CC(=O)Nc1ccc2c(c1)OCCO2. The summed E-state index contributed by atoms with van der Waals surface area (Å²) < 4.78 is 16.7. The highest BCUT2D eigenvalue weighted by Crippen LogP contribution is 2.32. The van der Waals surface area contributed by atoms with Crippen LogP contribution in [0.3, 0.4) is 0 Å². The molecular formula is C21H23N3O4. The van der Waals surface area contributed by atoms with Crippen molar-refractivity contribution >= 4 is 11.6 Å². The average molecular weight is 381 g/mol. The molecular weight excluding hydrogens is 358 g/mol. The van der Waals surface area contributed by atoms with E-state index in [4.69, 9.17) is 19.5 Å². The molecule has 0 bridgehead atoms. The molecule has 2 aromatic carbocycles. The first-order valence-corrected chi connectivity index (χ1v) is 9.22. The molecule has 0 fully saturated rings. The standard InChI is InChI=1S/C21H23N3O4/c1-2-24(9-10-26-18-6-3-16(14-22)4-7-18)15-21(25)23-17-5-8-19-20(13-17)28-12-11-27-19/h3-8,13H,2,9-12,15H2,1H3,(H,23,25). The van der Waals surface area contributed by atoms with Gasteiger partial charge in [-0.3, -0.25) is 9.69 Å². The van der Waals surface area contributed by atoms with Crippen molar-refractivity contribution in [3.05, 3.63) is 48.0 Å². The third kappa shape index (κ3) is 5.38. The number of nitrogens with one attached hydrogen (secondary N) is 1. The number of benzene rings is 2. The molecule has 0 aliphatic carbocycles. The normalized spacial score (nSPS) is 12.3. The van der Waals surface area contributed by atoms with Gasteiger partial charge in [-0.15, -0.1) is 0 Å². The monoisotopic (exact) mass is 381 g/mol. The van der Waals surface area contributed by atoms with Gasteiger partial charge in [0.25, 0.3) is 0 Å². The predicted molar refractivity (Wildman–Crippen MR) is 105 cm³/mol. The molecule has 0 unspecified atom stereocenters. The Morgan fingerprint density at radius 1 is 1.18 bits per heavy atom. The van der Waals surface area contributed by atoms with Crippen LogP contribution in [0.1, 0.15) is 12.5 Å². The first-order chi connectivity index (χ1) is 13.7. The number of carbonyl (C=O) groups is 1. The van der Waals surface area contributed by atoms with Crippen molar-refractivity contribution in [2.75, 3.05) is 44.8 Å². The Kier molecular flexibility index (Phi) is 6.71. The molecule has 1 amide bonds. The minimum absolute atomic E-state index is 0.100. The number of nitrogens with zero attached hydrogens (tertiary/aromatic N) is 2. The molecule has 28 heavy (non-hydrogen) atoms. The Bertz CT molecular complexity index is 846. The van der Waals surface area contributed by atoms with Crippen molar-refractivity contribution in [3.63, 3.8) is 0 Å². The minimum Gasteiger partial charge on any atom is -0.492 e. The molecule has 0 radical (unpaired) electrons. The van der Waals surface area contributed by atoms with Gasteiger partial charge in [-0.25, -0.2) is 0 Å². The Morgan fingerprint density at radius 3 is 2.64 bits per heavy atom. The van der Waals surface area contributed by atoms with E-state index in [9.17, 15) is 4.79 Å². The van der Waals surface area contributed by atoms with Crippen LogP contribution in [0.4, 0.5) is 5.69 Å². The summed E-state index contributed by atoms with van der Waals surface area (Å²) >= 11 is 0. The maximum atomic E-state index is 12.4. The van der Waals surface area contributed by atoms with Crippen LogP contribution in [-0.4, -0.2) is 50.3 Å². The van der Waals surface area contributed by atoms with Gasteiger partial charge in [-0.05, 0) is 42.9 Å². The van der Waals surface area contributed by atoms with Gasteiger partial charge < -0.3 is 19.5 Å². The van der Waals surface area contributed by atoms with Gasteiger partial charge in [0, 0.05) is 18.3 Å². The molecule has 1 heterocycles. The summed E-state index contributed by atoms with van der Waals surface area (Å²) in [7, 11) is 0. The lowest BCUT2D eigenvalue weighted by atomic mass is 10.2. The molecule has 0 aromatic heterocycles. The van der Waals surface area contributed by atoms with Gasteiger partial charge in [0.1, 0.15) is 25.6 Å². The number of fused-ring (bicyclic) bond motifs is 1. The van der Waals surface area contributed by atoms with E-state index in [0.717, 1.165) is 6.54 Å². The van der Waals surface area contributed by atoms with Crippen LogP contribution in [0.25, 0.3) is 0 Å². The summed E-state index contributed by atoms with van der Waals surface area (Å²) in [5.74, 6) is 1.94. The topological polar surface area (TPSA) is 83.8 Å². The number of carbonyl (C=O) groups excluding carboxylic acids is 1. The van der Waals surface area contributed by atoms with Crippen molar-refractivity contribution in [2.45, 2.75) is 6.92 Å². The second-order valence-electron chi connectivity index (χ2n) is 6.26. The molecule has 0 saturated carbocycles. The molecule has 7 nitrogen and oxygen atoms in total. The molecule has 3 rings (SSSR count). The fourth-order valence-electron chi connectivity index (χ4n) is 2.79. The third-order valence-corrected chi connectivity index (χ3v) is 4.30. The maximum absolute atomic E-state index is 12.4.